The molecule has 0 bridgehead atoms. The number of halogens is 2. The van der Waals surface area contributed by atoms with Crippen LogP contribution in [-0.2, 0) is 6.42 Å². The Morgan fingerprint density at radius 1 is 1.17 bits per heavy atom. The SMILES string of the molecule is Cc1cccc(C(O)Cc2ccccc2Cl)c1Br. The van der Waals surface area contributed by atoms with Gasteiger partial charge in [0.05, 0.1) is 6.10 Å². The van der Waals surface area contributed by atoms with Crippen LogP contribution >= 0.6 is 27.5 Å². The van der Waals surface area contributed by atoms with Crippen LogP contribution in [0.25, 0.3) is 0 Å². The van der Waals surface area contributed by atoms with Gasteiger partial charge in [-0.3, -0.25) is 0 Å². The number of hydrogen-bond acceptors (Lipinski definition) is 1. The molecule has 0 amide bonds. The molecule has 0 aliphatic carbocycles. The minimum Gasteiger partial charge on any atom is -0.388 e. The summed E-state index contributed by atoms with van der Waals surface area (Å²) in [6.07, 6.45) is -0.0407. The lowest BCUT2D eigenvalue weighted by molar-refractivity contribution is 0.177. The minimum atomic E-state index is -0.556. The Labute approximate surface area is 121 Å². The number of aryl methyl sites for hydroxylation is 1. The van der Waals surface area contributed by atoms with Crippen molar-refractivity contribution in [3.05, 3.63) is 68.7 Å². The number of aliphatic hydroxyl groups is 1. The molecule has 18 heavy (non-hydrogen) atoms. The third kappa shape index (κ3) is 2.94. The molecule has 2 rings (SSSR count). The lowest BCUT2D eigenvalue weighted by atomic mass is 10.00. The molecule has 1 nitrogen and oxygen atoms in total. The zero-order chi connectivity index (χ0) is 13.1. The van der Waals surface area contributed by atoms with E-state index in [1.165, 1.54) is 0 Å². The van der Waals surface area contributed by atoms with Crippen molar-refractivity contribution >= 4 is 27.5 Å². The summed E-state index contributed by atoms with van der Waals surface area (Å²) in [5, 5.41) is 11.0. The van der Waals surface area contributed by atoms with Crippen LogP contribution in [0.15, 0.2) is 46.9 Å². The Balaban J connectivity index is 2.25. The maximum atomic E-state index is 10.3. The Hall–Kier alpha value is -0.830. The molecule has 0 heterocycles. The molecule has 0 radical (unpaired) electrons. The molecule has 1 atom stereocenters. The lowest BCUT2D eigenvalue weighted by Crippen LogP contribution is -2.03. The van der Waals surface area contributed by atoms with E-state index >= 15 is 0 Å². The van der Waals surface area contributed by atoms with E-state index in [0.29, 0.717) is 11.4 Å². The average molecular weight is 326 g/mol. The first-order chi connectivity index (χ1) is 8.59. The summed E-state index contributed by atoms with van der Waals surface area (Å²) < 4.78 is 0.963. The van der Waals surface area contributed by atoms with E-state index in [4.69, 9.17) is 11.6 Å². The molecule has 0 saturated carbocycles. The first kappa shape index (κ1) is 13.6. The van der Waals surface area contributed by atoms with Crippen LogP contribution in [0, 0.1) is 6.92 Å². The van der Waals surface area contributed by atoms with Gasteiger partial charge >= 0.3 is 0 Å². The van der Waals surface area contributed by atoms with E-state index in [2.05, 4.69) is 15.9 Å². The standard InChI is InChI=1S/C15H14BrClO/c1-10-5-4-7-12(15(10)16)14(18)9-11-6-2-3-8-13(11)17/h2-8,14,18H,9H2,1H3. The highest BCUT2D eigenvalue weighted by molar-refractivity contribution is 9.10. The summed E-state index contributed by atoms with van der Waals surface area (Å²) in [5.41, 5.74) is 2.97. The van der Waals surface area contributed by atoms with Crippen molar-refractivity contribution in [1.82, 2.24) is 0 Å². The average Bonchev–Trinajstić information content (AvgIpc) is 2.35. The topological polar surface area (TPSA) is 20.2 Å². The first-order valence-electron chi connectivity index (χ1n) is 5.76. The summed E-state index contributed by atoms with van der Waals surface area (Å²) in [5.74, 6) is 0. The summed E-state index contributed by atoms with van der Waals surface area (Å²) in [6, 6.07) is 13.5. The van der Waals surface area contributed by atoms with Crippen molar-refractivity contribution in [2.45, 2.75) is 19.4 Å². The van der Waals surface area contributed by atoms with Crippen molar-refractivity contribution < 1.29 is 5.11 Å². The fourth-order valence-electron chi connectivity index (χ4n) is 1.91. The van der Waals surface area contributed by atoms with Crippen LogP contribution in [0.1, 0.15) is 22.8 Å². The van der Waals surface area contributed by atoms with Gasteiger partial charge in [0, 0.05) is 15.9 Å². The van der Waals surface area contributed by atoms with Gasteiger partial charge < -0.3 is 5.11 Å². The van der Waals surface area contributed by atoms with E-state index < -0.39 is 6.10 Å². The Bertz CT molecular complexity index is 554. The van der Waals surface area contributed by atoms with E-state index in [9.17, 15) is 5.11 Å². The maximum Gasteiger partial charge on any atom is 0.0841 e. The van der Waals surface area contributed by atoms with Crippen molar-refractivity contribution in [2.24, 2.45) is 0 Å². The summed E-state index contributed by atoms with van der Waals surface area (Å²) >= 11 is 9.62. The molecule has 1 N–H and O–H groups in total. The zero-order valence-electron chi connectivity index (χ0n) is 10.0. The number of benzene rings is 2. The smallest absolute Gasteiger partial charge is 0.0841 e. The van der Waals surface area contributed by atoms with Crippen LogP contribution < -0.4 is 0 Å². The van der Waals surface area contributed by atoms with Crippen LogP contribution in [0.3, 0.4) is 0 Å². The molecule has 0 spiro atoms. The van der Waals surface area contributed by atoms with Crippen LogP contribution in [0.5, 0.6) is 0 Å². The quantitative estimate of drug-likeness (QED) is 0.868. The molecule has 2 aromatic rings. The lowest BCUT2D eigenvalue weighted by Gasteiger charge is -2.15. The summed E-state index contributed by atoms with van der Waals surface area (Å²) in [6.45, 7) is 2.01. The number of hydrogen-bond donors (Lipinski definition) is 1. The van der Waals surface area contributed by atoms with Crippen molar-refractivity contribution in [3.8, 4) is 0 Å². The normalized spacial score (nSPS) is 12.4. The largest absolute Gasteiger partial charge is 0.388 e. The fraction of sp³-hybridized carbons (Fsp3) is 0.200. The molecular formula is C15H14BrClO. The predicted octanol–water partition coefficient (Wildman–Crippen LogP) is 4.69. The third-order valence-electron chi connectivity index (χ3n) is 2.95. The second-order valence-electron chi connectivity index (χ2n) is 4.29. The molecule has 0 aliphatic heterocycles. The van der Waals surface area contributed by atoms with Gasteiger partial charge in [-0.2, -0.15) is 0 Å². The molecule has 3 heteroatoms. The zero-order valence-corrected chi connectivity index (χ0v) is 12.4. The maximum absolute atomic E-state index is 10.3. The van der Waals surface area contributed by atoms with E-state index in [1.807, 2.05) is 49.4 Å². The van der Waals surface area contributed by atoms with Gasteiger partial charge in [-0.15, -0.1) is 0 Å². The van der Waals surface area contributed by atoms with Crippen molar-refractivity contribution in [3.63, 3.8) is 0 Å². The van der Waals surface area contributed by atoms with E-state index in [0.717, 1.165) is 21.2 Å². The summed E-state index contributed by atoms with van der Waals surface area (Å²) in [7, 11) is 0. The molecule has 2 aromatic carbocycles. The highest BCUT2D eigenvalue weighted by Crippen LogP contribution is 2.30. The Morgan fingerprint density at radius 3 is 2.61 bits per heavy atom. The van der Waals surface area contributed by atoms with Gasteiger partial charge in [0.2, 0.25) is 0 Å². The highest BCUT2D eigenvalue weighted by atomic mass is 79.9. The fourth-order valence-corrected chi connectivity index (χ4v) is 2.65. The van der Waals surface area contributed by atoms with Crippen LogP contribution in [0.2, 0.25) is 5.02 Å². The number of rotatable bonds is 3. The number of aliphatic hydroxyl groups excluding tert-OH is 1. The van der Waals surface area contributed by atoms with Gasteiger partial charge in [0.25, 0.3) is 0 Å². The minimum absolute atomic E-state index is 0.516. The molecule has 0 saturated heterocycles. The molecule has 94 valence electrons. The van der Waals surface area contributed by atoms with Gasteiger partial charge in [-0.1, -0.05) is 63.9 Å². The van der Waals surface area contributed by atoms with Crippen LogP contribution in [0.4, 0.5) is 0 Å². The second-order valence-corrected chi connectivity index (χ2v) is 5.49. The van der Waals surface area contributed by atoms with Gasteiger partial charge in [-0.05, 0) is 29.7 Å². The predicted molar refractivity (Wildman–Crippen MR) is 79.0 cm³/mol. The molecule has 0 aliphatic rings. The second kappa shape index (κ2) is 5.87. The molecule has 0 fully saturated rings. The van der Waals surface area contributed by atoms with Crippen molar-refractivity contribution in [1.29, 1.82) is 0 Å². The first-order valence-corrected chi connectivity index (χ1v) is 6.93. The Morgan fingerprint density at radius 2 is 1.89 bits per heavy atom. The van der Waals surface area contributed by atoms with E-state index in [-0.39, 0.29) is 0 Å². The van der Waals surface area contributed by atoms with Crippen LogP contribution in [-0.4, -0.2) is 5.11 Å². The van der Waals surface area contributed by atoms with Gasteiger partial charge in [-0.25, -0.2) is 0 Å². The van der Waals surface area contributed by atoms with Crippen molar-refractivity contribution in [2.75, 3.05) is 0 Å². The molecule has 1 unspecified atom stereocenters. The monoisotopic (exact) mass is 324 g/mol. The van der Waals surface area contributed by atoms with E-state index in [1.54, 1.807) is 0 Å². The highest BCUT2D eigenvalue weighted by Gasteiger charge is 2.14. The Kier molecular flexibility index (Phi) is 4.44. The van der Waals surface area contributed by atoms with Gasteiger partial charge in [0.15, 0.2) is 0 Å². The molecule has 0 aromatic heterocycles. The third-order valence-corrected chi connectivity index (χ3v) is 4.40. The van der Waals surface area contributed by atoms with Gasteiger partial charge in [0.1, 0.15) is 0 Å². The molecular weight excluding hydrogens is 312 g/mol. The summed E-state index contributed by atoms with van der Waals surface area (Å²) in [4.78, 5) is 0.